The normalized spacial score (nSPS) is 10.8. The second kappa shape index (κ2) is 9.99. The molecule has 0 fully saturated rings. The molecule has 0 aliphatic carbocycles. The first-order valence-electron chi connectivity index (χ1n) is 10.2. The first kappa shape index (κ1) is 22.1. The average Bonchev–Trinajstić information content (AvgIpc) is 3.47. The SMILES string of the molecule is CCc1ccc(OCn2cc(NC(=O)c3ccc(COc4ccc(F)cc4F)o3)cn2)cc1. The van der Waals surface area contributed by atoms with E-state index in [4.69, 9.17) is 13.9 Å². The summed E-state index contributed by atoms with van der Waals surface area (Å²) in [5.41, 5.74) is 1.69. The van der Waals surface area contributed by atoms with Gasteiger partial charge in [0.05, 0.1) is 18.1 Å². The fourth-order valence-electron chi connectivity index (χ4n) is 2.97. The van der Waals surface area contributed by atoms with Crippen LogP contribution in [-0.2, 0) is 19.8 Å². The van der Waals surface area contributed by atoms with Gasteiger partial charge in [-0.05, 0) is 48.4 Å². The lowest BCUT2D eigenvalue weighted by atomic mass is 10.2. The lowest BCUT2D eigenvalue weighted by Gasteiger charge is -2.06. The molecule has 0 bridgehead atoms. The van der Waals surface area contributed by atoms with Crippen LogP contribution in [0.3, 0.4) is 0 Å². The predicted octanol–water partition coefficient (Wildman–Crippen LogP) is 5.18. The summed E-state index contributed by atoms with van der Waals surface area (Å²) in [6, 6.07) is 13.8. The number of anilines is 1. The molecular weight excluding hydrogens is 432 g/mol. The predicted molar refractivity (Wildman–Crippen MR) is 116 cm³/mol. The van der Waals surface area contributed by atoms with Crippen molar-refractivity contribution in [3.63, 3.8) is 0 Å². The minimum Gasteiger partial charge on any atom is -0.483 e. The Hall–Kier alpha value is -4.14. The third kappa shape index (κ3) is 5.76. The van der Waals surface area contributed by atoms with Crippen LogP contribution in [-0.4, -0.2) is 15.7 Å². The van der Waals surface area contributed by atoms with E-state index >= 15 is 0 Å². The van der Waals surface area contributed by atoms with Crippen LogP contribution in [0.25, 0.3) is 0 Å². The molecule has 0 spiro atoms. The molecule has 2 heterocycles. The molecule has 2 aromatic carbocycles. The Balaban J connectivity index is 1.28. The highest BCUT2D eigenvalue weighted by Crippen LogP contribution is 2.20. The monoisotopic (exact) mass is 453 g/mol. The molecule has 4 rings (SSSR count). The highest BCUT2D eigenvalue weighted by molar-refractivity contribution is 6.02. The van der Waals surface area contributed by atoms with Crippen LogP contribution < -0.4 is 14.8 Å². The van der Waals surface area contributed by atoms with Crippen LogP contribution in [0, 0.1) is 11.6 Å². The van der Waals surface area contributed by atoms with Gasteiger partial charge < -0.3 is 19.2 Å². The molecule has 1 N–H and O–H groups in total. The zero-order valence-electron chi connectivity index (χ0n) is 17.8. The number of hydrogen-bond donors (Lipinski definition) is 1. The Morgan fingerprint density at radius 2 is 1.91 bits per heavy atom. The number of nitrogens with one attached hydrogen (secondary N) is 1. The quantitative estimate of drug-likeness (QED) is 0.378. The van der Waals surface area contributed by atoms with E-state index in [0.717, 1.165) is 24.3 Å². The number of carbonyl (C=O) groups is 1. The fourth-order valence-corrected chi connectivity index (χ4v) is 2.97. The Bertz CT molecular complexity index is 1230. The number of nitrogens with zero attached hydrogens (tertiary/aromatic N) is 2. The van der Waals surface area contributed by atoms with Crippen molar-refractivity contribution in [1.82, 2.24) is 9.78 Å². The summed E-state index contributed by atoms with van der Waals surface area (Å²) in [6.45, 7) is 2.15. The van der Waals surface area contributed by atoms with E-state index in [1.54, 1.807) is 10.9 Å². The lowest BCUT2D eigenvalue weighted by molar-refractivity contribution is 0.0992. The van der Waals surface area contributed by atoms with Crippen LogP contribution in [0.1, 0.15) is 28.8 Å². The molecule has 0 aliphatic heterocycles. The van der Waals surface area contributed by atoms with Gasteiger partial charge >= 0.3 is 0 Å². The average molecular weight is 453 g/mol. The molecule has 0 atom stereocenters. The largest absolute Gasteiger partial charge is 0.483 e. The van der Waals surface area contributed by atoms with Crippen molar-refractivity contribution in [3.05, 3.63) is 95.7 Å². The molecule has 0 aliphatic rings. The highest BCUT2D eigenvalue weighted by Gasteiger charge is 2.14. The number of halogens is 2. The van der Waals surface area contributed by atoms with E-state index in [1.807, 2.05) is 24.3 Å². The van der Waals surface area contributed by atoms with Gasteiger partial charge in [-0.3, -0.25) is 4.79 Å². The maximum atomic E-state index is 13.6. The first-order chi connectivity index (χ1) is 16.0. The van der Waals surface area contributed by atoms with Crippen LogP contribution in [0.2, 0.25) is 0 Å². The Morgan fingerprint density at radius 1 is 1.09 bits per heavy atom. The van der Waals surface area contributed by atoms with Crippen molar-refractivity contribution in [2.45, 2.75) is 26.7 Å². The molecule has 7 nitrogen and oxygen atoms in total. The molecule has 4 aromatic rings. The molecule has 9 heteroatoms. The summed E-state index contributed by atoms with van der Waals surface area (Å²) < 4.78 is 44.5. The number of carbonyl (C=O) groups excluding carboxylic acids is 1. The van der Waals surface area contributed by atoms with E-state index in [-0.39, 0.29) is 24.8 Å². The molecule has 2 aromatic heterocycles. The van der Waals surface area contributed by atoms with E-state index in [1.165, 1.54) is 30.0 Å². The van der Waals surface area contributed by atoms with Crippen molar-refractivity contribution >= 4 is 11.6 Å². The van der Waals surface area contributed by atoms with Crippen LogP contribution in [0.4, 0.5) is 14.5 Å². The summed E-state index contributed by atoms with van der Waals surface area (Å²) in [6.07, 6.45) is 4.08. The summed E-state index contributed by atoms with van der Waals surface area (Å²) in [5.74, 6) is -1.04. The minimum atomic E-state index is -0.821. The van der Waals surface area contributed by atoms with Crippen molar-refractivity contribution in [1.29, 1.82) is 0 Å². The molecule has 0 unspecified atom stereocenters. The Morgan fingerprint density at radius 3 is 2.67 bits per heavy atom. The highest BCUT2D eigenvalue weighted by atomic mass is 19.1. The van der Waals surface area contributed by atoms with E-state index in [9.17, 15) is 13.6 Å². The van der Waals surface area contributed by atoms with E-state index in [2.05, 4.69) is 17.3 Å². The van der Waals surface area contributed by atoms with Gasteiger partial charge in [0.2, 0.25) is 0 Å². The maximum Gasteiger partial charge on any atom is 0.291 e. The summed E-state index contributed by atoms with van der Waals surface area (Å²) in [7, 11) is 0. The van der Waals surface area contributed by atoms with Gasteiger partial charge in [0.15, 0.2) is 24.1 Å². The van der Waals surface area contributed by atoms with E-state index < -0.39 is 17.5 Å². The maximum absolute atomic E-state index is 13.6. The summed E-state index contributed by atoms with van der Waals surface area (Å²) in [4.78, 5) is 12.4. The second-order valence-corrected chi connectivity index (χ2v) is 7.12. The van der Waals surface area contributed by atoms with Gasteiger partial charge in [-0.1, -0.05) is 19.1 Å². The first-order valence-corrected chi connectivity index (χ1v) is 10.2. The van der Waals surface area contributed by atoms with Gasteiger partial charge in [0.25, 0.3) is 5.91 Å². The molecule has 1 amide bonds. The van der Waals surface area contributed by atoms with Gasteiger partial charge in [-0.2, -0.15) is 5.10 Å². The molecule has 0 saturated carbocycles. The number of aryl methyl sites for hydroxylation is 1. The molecule has 170 valence electrons. The number of furan rings is 1. The van der Waals surface area contributed by atoms with Gasteiger partial charge in [0, 0.05) is 6.07 Å². The molecular formula is C24H21F2N3O4. The zero-order valence-corrected chi connectivity index (χ0v) is 17.8. The number of rotatable bonds is 9. The van der Waals surface area contributed by atoms with Crippen molar-refractivity contribution in [2.24, 2.45) is 0 Å². The summed E-state index contributed by atoms with van der Waals surface area (Å²) in [5, 5.41) is 6.84. The lowest BCUT2D eigenvalue weighted by Crippen LogP contribution is -2.10. The topological polar surface area (TPSA) is 78.5 Å². The van der Waals surface area contributed by atoms with Gasteiger partial charge in [0.1, 0.15) is 23.9 Å². The van der Waals surface area contributed by atoms with Crippen LogP contribution in [0.5, 0.6) is 11.5 Å². The summed E-state index contributed by atoms with van der Waals surface area (Å²) >= 11 is 0. The third-order valence-corrected chi connectivity index (χ3v) is 4.74. The standard InChI is InChI=1S/C24H21F2N3O4/c1-2-16-3-6-19(7-4-16)32-15-29-13-18(12-27-29)28-24(30)23-10-8-20(33-23)14-31-22-9-5-17(25)11-21(22)26/h3-13H,2,14-15H2,1H3,(H,28,30). The Kier molecular flexibility index (Phi) is 6.68. The van der Waals surface area contributed by atoms with E-state index in [0.29, 0.717) is 11.4 Å². The molecule has 33 heavy (non-hydrogen) atoms. The molecule has 0 saturated heterocycles. The van der Waals surface area contributed by atoms with Crippen molar-refractivity contribution < 1.29 is 27.5 Å². The minimum absolute atomic E-state index is 0.0493. The van der Waals surface area contributed by atoms with Crippen LogP contribution >= 0.6 is 0 Å². The Labute approximate surface area is 188 Å². The molecule has 0 radical (unpaired) electrons. The third-order valence-electron chi connectivity index (χ3n) is 4.74. The fraction of sp³-hybridized carbons (Fsp3) is 0.167. The number of benzene rings is 2. The smallest absolute Gasteiger partial charge is 0.291 e. The van der Waals surface area contributed by atoms with Crippen LogP contribution in [0.15, 0.2) is 71.4 Å². The number of hydrogen-bond acceptors (Lipinski definition) is 5. The second-order valence-electron chi connectivity index (χ2n) is 7.12. The number of amides is 1. The van der Waals surface area contributed by atoms with Gasteiger partial charge in [-0.25, -0.2) is 13.5 Å². The number of ether oxygens (including phenoxy) is 2. The van der Waals surface area contributed by atoms with Crippen molar-refractivity contribution in [2.75, 3.05) is 5.32 Å². The number of aromatic nitrogens is 2. The zero-order chi connectivity index (χ0) is 23.2. The van der Waals surface area contributed by atoms with Crippen molar-refractivity contribution in [3.8, 4) is 11.5 Å². The van der Waals surface area contributed by atoms with Gasteiger partial charge in [-0.15, -0.1) is 0 Å².